The third kappa shape index (κ3) is 61.8. The summed E-state index contributed by atoms with van der Waals surface area (Å²) < 4.78 is 0. The number of amides is 1. The van der Waals surface area contributed by atoms with Crippen LogP contribution in [-0.2, 0) is 4.79 Å². The maximum Gasteiger partial charge on any atom is 0.220 e. The summed E-state index contributed by atoms with van der Waals surface area (Å²) in [4.78, 5) is 12.5. The molecule has 0 heterocycles. The number of carbonyl (C=O) groups is 1. The minimum absolute atomic E-state index is 0.0431. The van der Waals surface area contributed by atoms with Crippen LogP contribution in [0.1, 0.15) is 316 Å². The fraction of sp³-hybridized carbons (Fsp3) is 0.732. The summed E-state index contributed by atoms with van der Waals surface area (Å²) in [6.45, 7) is 4.26. The Hall–Kier alpha value is -2.95. The third-order valence-corrected chi connectivity index (χ3v) is 14.5. The lowest BCUT2D eigenvalue weighted by atomic mass is 10.0. The number of unbranched alkanes of at least 4 members (excludes halogenated alkanes) is 34. The molecule has 2 unspecified atom stereocenters. The molecule has 0 spiro atoms. The van der Waals surface area contributed by atoms with Crippen molar-refractivity contribution in [2.75, 3.05) is 6.61 Å². The normalized spacial score (nSPS) is 13.5. The molecule has 0 aromatic rings. The summed E-state index contributed by atoms with van der Waals surface area (Å²) >= 11 is 0. The van der Waals surface area contributed by atoms with Gasteiger partial charge < -0.3 is 15.5 Å². The fourth-order valence-corrected chi connectivity index (χ4v) is 9.65. The van der Waals surface area contributed by atoms with Gasteiger partial charge in [0.25, 0.3) is 0 Å². The molecule has 0 radical (unpaired) electrons. The van der Waals surface area contributed by atoms with Gasteiger partial charge in [0.2, 0.25) is 5.91 Å². The van der Waals surface area contributed by atoms with E-state index in [9.17, 15) is 15.0 Å². The van der Waals surface area contributed by atoms with Crippen molar-refractivity contribution in [2.45, 2.75) is 328 Å². The van der Waals surface area contributed by atoms with E-state index in [1.165, 1.54) is 193 Å². The Kier molecular flexibility index (Phi) is 62.8. The van der Waals surface area contributed by atoms with Gasteiger partial charge >= 0.3 is 0 Å². The number of aliphatic hydroxyl groups excluding tert-OH is 2. The molecule has 0 aliphatic heterocycles. The molecule has 4 nitrogen and oxygen atoms in total. The zero-order valence-corrected chi connectivity index (χ0v) is 49.8. The number of nitrogens with one attached hydrogen (secondary N) is 1. The van der Waals surface area contributed by atoms with Gasteiger partial charge in [0, 0.05) is 6.42 Å². The van der Waals surface area contributed by atoms with Gasteiger partial charge in [0.1, 0.15) is 0 Å². The molecular weight excluding hydrogens is 915 g/mol. The van der Waals surface area contributed by atoms with E-state index >= 15 is 0 Å². The maximum absolute atomic E-state index is 12.5. The van der Waals surface area contributed by atoms with Crippen LogP contribution in [-0.4, -0.2) is 34.9 Å². The number of carbonyl (C=O) groups excluding carboxylic acids is 1. The number of hydrogen-bond acceptors (Lipinski definition) is 3. The fourth-order valence-electron chi connectivity index (χ4n) is 9.65. The van der Waals surface area contributed by atoms with Crippen molar-refractivity contribution in [3.05, 3.63) is 109 Å². The molecule has 0 aromatic heterocycles. The van der Waals surface area contributed by atoms with Crippen molar-refractivity contribution in [2.24, 2.45) is 0 Å². The first kappa shape index (κ1) is 72.0. The quantitative estimate of drug-likeness (QED) is 0.0420. The Labute approximate surface area is 467 Å². The highest BCUT2D eigenvalue weighted by Crippen LogP contribution is 2.18. The standard InChI is InChI=1S/C71H125NO3/c1-3-5-7-9-11-13-15-17-19-21-23-25-27-29-31-33-34-35-36-37-38-39-41-43-45-47-49-51-53-55-57-59-61-63-65-67-71(75)72-69(68-73)70(74)66-64-62-60-58-56-54-52-50-48-46-44-42-40-32-30-28-26-24-22-20-18-16-14-12-10-8-6-4-2/h5,7,11,13,17,19,23,25,29,31,34-35,37-38,41,43,47,49,69-70,73-74H,3-4,6,8-10,12,14-16,18,20-22,24,26-28,30,32-33,36,39-40,42,44-46,48,50-68H2,1-2H3,(H,72,75)/b7-5-,13-11-,19-17-,25-23-,31-29-,35-34-,38-37-,43-41-,49-47-. The summed E-state index contributed by atoms with van der Waals surface area (Å²) in [6, 6.07) is -0.552. The van der Waals surface area contributed by atoms with E-state index in [0.717, 1.165) is 96.3 Å². The second-order valence-corrected chi connectivity index (χ2v) is 21.8. The molecule has 0 saturated heterocycles. The molecule has 0 fully saturated rings. The molecule has 75 heavy (non-hydrogen) atoms. The SMILES string of the molecule is CC/C=C\C/C=C\C/C=C\C/C=C\C/C=C\C/C=C\C/C=C\C/C=C\C/C=C\CCCCCCCCCC(=O)NC(CO)C(O)CCCCCCCCCCCCCCCCCCCCCCCCCCCCCC. The van der Waals surface area contributed by atoms with E-state index in [1.807, 2.05) is 0 Å². The van der Waals surface area contributed by atoms with Gasteiger partial charge in [-0.2, -0.15) is 0 Å². The van der Waals surface area contributed by atoms with Crippen LogP contribution < -0.4 is 5.32 Å². The van der Waals surface area contributed by atoms with E-state index in [0.29, 0.717) is 12.8 Å². The van der Waals surface area contributed by atoms with E-state index in [1.54, 1.807) is 0 Å². The molecule has 0 aliphatic carbocycles. The van der Waals surface area contributed by atoms with Gasteiger partial charge in [-0.15, -0.1) is 0 Å². The Morgan fingerprint density at radius 3 is 0.880 bits per heavy atom. The lowest BCUT2D eigenvalue weighted by Crippen LogP contribution is -2.45. The maximum atomic E-state index is 12.5. The Bertz CT molecular complexity index is 1410. The average molecular weight is 1040 g/mol. The molecule has 0 rings (SSSR count). The van der Waals surface area contributed by atoms with Crippen molar-refractivity contribution in [3.63, 3.8) is 0 Å². The first-order valence-corrected chi connectivity index (χ1v) is 32.6. The highest BCUT2D eigenvalue weighted by molar-refractivity contribution is 5.76. The number of aliphatic hydroxyl groups is 2. The molecule has 0 saturated carbocycles. The van der Waals surface area contributed by atoms with Crippen molar-refractivity contribution in [3.8, 4) is 0 Å². The number of allylic oxidation sites excluding steroid dienone is 18. The van der Waals surface area contributed by atoms with Crippen molar-refractivity contribution >= 4 is 5.91 Å². The Balaban J connectivity index is 3.54. The first-order valence-electron chi connectivity index (χ1n) is 32.6. The van der Waals surface area contributed by atoms with Crippen LogP contribution in [0.3, 0.4) is 0 Å². The largest absolute Gasteiger partial charge is 0.394 e. The Morgan fingerprint density at radius 2 is 0.587 bits per heavy atom. The summed E-state index contributed by atoms with van der Waals surface area (Å²) in [5.74, 6) is -0.0431. The van der Waals surface area contributed by atoms with Crippen LogP contribution in [0.15, 0.2) is 109 Å². The zero-order chi connectivity index (χ0) is 54.1. The van der Waals surface area contributed by atoms with Crippen molar-refractivity contribution < 1.29 is 15.0 Å². The molecule has 432 valence electrons. The molecule has 0 aromatic carbocycles. The highest BCUT2D eigenvalue weighted by atomic mass is 16.3. The number of hydrogen-bond donors (Lipinski definition) is 3. The topological polar surface area (TPSA) is 69.6 Å². The third-order valence-electron chi connectivity index (χ3n) is 14.5. The van der Waals surface area contributed by atoms with Crippen LogP contribution in [0.4, 0.5) is 0 Å². The molecule has 0 bridgehead atoms. The van der Waals surface area contributed by atoms with E-state index in [2.05, 4.69) is 129 Å². The van der Waals surface area contributed by atoms with Crippen LogP contribution in [0, 0.1) is 0 Å². The smallest absolute Gasteiger partial charge is 0.220 e. The minimum Gasteiger partial charge on any atom is -0.394 e. The van der Waals surface area contributed by atoms with Gasteiger partial charge in [0.05, 0.1) is 18.8 Å². The number of rotatable bonds is 59. The zero-order valence-electron chi connectivity index (χ0n) is 49.8. The summed E-state index contributed by atoms with van der Waals surface area (Å²) in [7, 11) is 0. The van der Waals surface area contributed by atoms with E-state index in [-0.39, 0.29) is 12.5 Å². The summed E-state index contributed by atoms with van der Waals surface area (Å²) in [5, 5.41) is 23.4. The Morgan fingerprint density at radius 1 is 0.333 bits per heavy atom. The summed E-state index contributed by atoms with van der Waals surface area (Å²) in [5.41, 5.74) is 0. The molecular formula is C71H125NO3. The van der Waals surface area contributed by atoms with Gasteiger partial charge in [0.15, 0.2) is 0 Å². The van der Waals surface area contributed by atoms with Gasteiger partial charge in [-0.1, -0.05) is 335 Å². The minimum atomic E-state index is -0.674. The molecule has 2 atom stereocenters. The molecule has 3 N–H and O–H groups in total. The van der Waals surface area contributed by atoms with Gasteiger partial charge in [-0.05, 0) is 83.5 Å². The monoisotopic (exact) mass is 1040 g/mol. The van der Waals surface area contributed by atoms with Crippen LogP contribution >= 0.6 is 0 Å². The van der Waals surface area contributed by atoms with Crippen molar-refractivity contribution in [1.29, 1.82) is 0 Å². The highest BCUT2D eigenvalue weighted by Gasteiger charge is 2.20. The van der Waals surface area contributed by atoms with E-state index in [4.69, 9.17) is 0 Å². The van der Waals surface area contributed by atoms with Crippen molar-refractivity contribution in [1.82, 2.24) is 5.32 Å². The second-order valence-electron chi connectivity index (χ2n) is 21.8. The predicted octanol–water partition coefficient (Wildman–Crippen LogP) is 22.2. The first-order chi connectivity index (χ1) is 37.2. The van der Waals surface area contributed by atoms with Crippen LogP contribution in [0.5, 0.6) is 0 Å². The average Bonchev–Trinajstić information content (AvgIpc) is 3.41. The lowest BCUT2D eigenvalue weighted by molar-refractivity contribution is -0.123. The molecule has 1 amide bonds. The van der Waals surface area contributed by atoms with Crippen LogP contribution in [0.2, 0.25) is 0 Å². The molecule has 0 aliphatic rings. The second kappa shape index (κ2) is 65.3. The van der Waals surface area contributed by atoms with Gasteiger partial charge in [-0.3, -0.25) is 4.79 Å². The van der Waals surface area contributed by atoms with Gasteiger partial charge in [-0.25, -0.2) is 0 Å². The predicted molar refractivity (Wildman–Crippen MR) is 336 cm³/mol. The molecule has 4 heteroatoms. The van der Waals surface area contributed by atoms with E-state index < -0.39 is 12.1 Å². The lowest BCUT2D eigenvalue weighted by Gasteiger charge is -2.22. The van der Waals surface area contributed by atoms with Crippen LogP contribution in [0.25, 0.3) is 0 Å². The summed E-state index contributed by atoms with van der Waals surface area (Å²) in [6.07, 6.45) is 98.2.